The number of urea groups is 1. The van der Waals surface area contributed by atoms with Crippen molar-refractivity contribution in [2.75, 3.05) is 19.8 Å². The van der Waals surface area contributed by atoms with Crippen LogP contribution in [-0.4, -0.2) is 25.8 Å². The van der Waals surface area contributed by atoms with E-state index in [-0.39, 0.29) is 23.4 Å². The number of amides is 2. The Labute approximate surface area is 166 Å². The molecule has 4 rings (SSSR count). The Bertz CT molecular complexity index is 831. The number of hydrogen-bond donors (Lipinski definition) is 2. The lowest BCUT2D eigenvalue weighted by molar-refractivity contribution is 0.171. The van der Waals surface area contributed by atoms with Gasteiger partial charge in [0.25, 0.3) is 0 Å². The van der Waals surface area contributed by atoms with Crippen LogP contribution in [0.3, 0.4) is 0 Å². The number of carbonyl (C=O) groups excluding carboxylic acids is 1. The van der Waals surface area contributed by atoms with E-state index >= 15 is 0 Å². The lowest BCUT2D eigenvalue weighted by Gasteiger charge is -2.26. The number of ether oxygens (including phenoxy) is 2. The molecular weight excluding hydrogens is 352 g/mol. The number of fused-ring (bicyclic) bond motifs is 1. The third-order valence-electron chi connectivity index (χ3n) is 5.71. The second-order valence-corrected chi connectivity index (χ2v) is 8.10. The highest BCUT2D eigenvalue weighted by Crippen LogP contribution is 2.47. The number of carbonyl (C=O) groups is 1. The van der Waals surface area contributed by atoms with Crippen LogP contribution in [0.1, 0.15) is 43.9 Å². The first kappa shape index (κ1) is 18.7. The smallest absolute Gasteiger partial charge is 0.315 e. The lowest BCUT2D eigenvalue weighted by Crippen LogP contribution is -2.42. The monoisotopic (exact) mass is 380 g/mol. The zero-order valence-electron chi connectivity index (χ0n) is 16.5. The van der Waals surface area contributed by atoms with Gasteiger partial charge in [0.2, 0.25) is 0 Å². The molecule has 5 nitrogen and oxygen atoms in total. The van der Waals surface area contributed by atoms with Gasteiger partial charge < -0.3 is 20.1 Å². The second kappa shape index (κ2) is 7.74. The number of rotatable bonds is 6. The number of nitrogens with one attached hydrogen (secondary N) is 2. The van der Waals surface area contributed by atoms with Gasteiger partial charge in [-0.2, -0.15) is 0 Å². The van der Waals surface area contributed by atoms with Crippen molar-refractivity contribution in [2.24, 2.45) is 5.92 Å². The molecule has 1 heterocycles. The highest BCUT2D eigenvalue weighted by Gasteiger charge is 2.44. The topological polar surface area (TPSA) is 59.6 Å². The normalized spacial score (nSPS) is 17.7. The van der Waals surface area contributed by atoms with Crippen LogP contribution < -0.4 is 20.1 Å². The molecule has 1 aliphatic carbocycles. The van der Waals surface area contributed by atoms with Crippen molar-refractivity contribution in [2.45, 2.75) is 38.1 Å². The molecule has 0 radical (unpaired) electrons. The minimum Gasteiger partial charge on any atom is -0.486 e. The number of benzene rings is 2. The molecule has 1 unspecified atom stereocenters. The van der Waals surface area contributed by atoms with Gasteiger partial charge in [0, 0.05) is 12.0 Å². The largest absolute Gasteiger partial charge is 0.486 e. The fourth-order valence-electron chi connectivity index (χ4n) is 3.84. The van der Waals surface area contributed by atoms with E-state index in [1.54, 1.807) is 0 Å². The van der Waals surface area contributed by atoms with Crippen molar-refractivity contribution in [3.05, 3.63) is 59.7 Å². The first-order valence-electron chi connectivity index (χ1n) is 10.1. The first-order chi connectivity index (χ1) is 13.6. The van der Waals surface area contributed by atoms with Crippen molar-refractivity contribution in [1.29, 1.82) is 0 Å². The summed E-state index contributed by atoms with van der Waals surface area (Å²) in [6.45, 7) is 6.00. The van der Waals surface area contributed by atoms with Crippen LogP contribution >= 0.6 is 0 Å². The van der Waals surface area contributed by atoms with E-state index in [0.717, 1.165) is 29.9 Å². The molecule has 1 fully saturated rings. The summed E-state index contributed by atoms with van der Waals surface area (Å²) in [4.78, 5) is 12.6. The molecule has 1 saturated carbocycles. The zero-order chi connectivity index (χ0) is 19.6. The molecule has 0 spiro atoms. The second-order valence-electron chi connectivity index (χ2n) is 8.10. The summed E-state index contributed by atoms with van der Waals surface area (Å²) in [5.41, 5.74) is 2.43. The van der Waals surface area contributed by atoms with Gasteiger partial charge in [-0.05, 0) is 42.0 Å². The molecule has 0 saturated heterocycles. The highest BCUT2D eigenvalue weighted by molar-refractivity contribution is 5.74. The van der Waals surface area contributed by atoms with Crippen molar-refractivity contribution < 1.29 is 14.3 Å². The molecule has 1 atom stereocenters. The predicted octanol–water partition coefficient (Wildman–Crippen LogP) is 4.19. The van der Waals surface area contributed by atoms with Crippen LogP contribution in [0.4, 0.5) is 4.79 Å². The van der Waals surface area contributed by atoms with E-state index in [9.17, 15) is 4.79 Å². The quantitative estimate of drug-likeness (QED) is 0.790. The Morgan fingerprint density at radius 3 is 2.43 bits per heavy atom. The van der Waals surface area contributed by atoms with E-state index in [2.05, 4.69) is 48.7 Å². The summed E-state index contributed by atoms with van der Waals surface area (Å²) < 4.78 is 11.3. The van der Waals surface area contributed by atoms with Crippen LogP contribution in [-0.2, 0) is 5.41 Å². The molecule has 2 aromatic rings. The summed E-state index contributed by atoms with van der Waals surface area (Å²) >= 11 is 0. The highest BCUT2D eigenvalue weighted by atomic mass is 16.6. The minimum atomic E-state index is -0.129. The van der Waals surface area contributed by atoms with E-state index in [1.807, 2.05) is 24.3 Å². The lowest BCUT2D eigenvalue weighted by atomic mass is 9.95. The van der Waals surface area contributed by atoms with Crippen LogP contribution in [0, 0.1) is 5.92 Å². The molecule has 5 heteroatoms. The van der Waals surface area contributed by atoms with Gasteiger partial charge in [-0.3, -0.25) is 0 Å². The van der Waals surface area contributed by atoms with Gasteiger partial charge in [0.1, 0.15) is 13.2 Å². The Balaban J connectivity index is 1.40. The molecule has 0 bridgehead atoms. The van der Waals surface area contributed by atoms with Gasteiger partial charge in [-0.15, -0.1) is 0 Å². The maximum atomic E-state index is 12.6. The minimum absolute atomic E-state index is 0.0947. The summed E-state index contributed by atoms with van der Waals surface area (Å²) in [6.07, 6.45) is 2.24. The van der Waals surface area contributed by atoms with Crippen molar-refractivity contribution >= 4 is 6.03 Å². The predicted molar refractivity (Wildman–Crippen MR) is 109 cm³/mol. The molecule has 2 amide bonds. The summed E-state index contributed by atoms with van der Waals surface area (Å²) in [6, 6.07) is 16.1. The van der Waals surface area contributed by atoms with E-state index in [1.165, 1.54) is 5.56 Å². The Morgan fingerprint density at radius 1 is 1.04 bits per heavy atom. The van der Waals surface area contributed by atoms with Crippen LogP contribution in [0.25, 0.3) is 0 Å². The number of hydrogen-bond acceptors (Lipinski definition) is 3. The van der Waals surface area contributed by atoms with E-state index in [4.69, 9.17) is 9.47 Å². The summed E-state index contributed by atoms with van der Waals surface area (Å²) in [5, 5.41) is 6.24. The van der Waals surface area contributed by atoms with Gasteiger partial charge in [-0.25, -0.2) is 4.79 Å². The molecule has 2 N–H and O–H groups in total. The van der Waals surface area contributed by atoms with Crippen LogP contribution in [0.15, 0.2) is 48.5 Å². The summed E-state index contributed by atoms with van der Waals surface area (Å²) in [5.74, 6) is 1.76. The van der Waals surface area contributed by atoms with Gasteiger partial charge >= 0.3 is 6.03 Å². The van der Waals surface area contributed by atoms with Gasteiger partial charge in [0.05, 0.1) is 6.04 Å². The van der Waals surface area contributed by atoms with Crippen LogP contribution in [0.5, 0.6) is 11.5 Å². The first-order valence-corrected chi connectivity index (χ1v) is 10.1. The molecule has 2 aliphatic rings. The maximum Gasteiger partial charge on any atom is 0.315 e. The van der Waals surface area contributed by atoms with Crippen LogP contribution in [0.2, 0.25) is 0 Å². The fourth-order valence-corrected chi connectivity index (χ4v) is 3.84. The van der Waals surface area contributed by atoms with E-state index in [0.29, 0.717) is 19.8 Å². The fraction of sp³-hybridized carbons (Fsp3) is 0.435. The average molecular weight is 380 g/mol. The molecule has 28 heavy (non-hydrogen) atoms. The van der Waals surface area contributed by atoms with Crippen molar-refractivity contribution in [3.63, 3.8) is 0 Å². The molecule has 1 aliphatic heterocycles. The molecular formula is C23H28N2O3. The SMILES string of the molecule is CC(C)C(NC(=O)NCC1(c2ccccc2)CC1)c1ccc2c(c1)OCCO2. The standard InChI is InChI=1S/C23H28N2O3/c1-16(2)21(17-8-9-19-20(14-17)28-13-12-27-19)25-22(26)24-15-23(10-11-23)18-6-4-3-5-7-18/h3-9,14,16,21H,10-13,15H2,1-2H3,(H2,24,25,26). The average Bonchev–Trinajstić information content (AvgIpc) is 3.52. The third-order valence-corrected chi connectivity index (χ3v) is 5.71. The maximum absolute atomic E-state index is 12.6. The zero-order valence-corrected chi connectivity index (χ0v) is 16.5. The molecule has 2 aromatic carbocycles. The van der Waals surface area contributed by atoms with Crippen molar-refractivity contribution in [3.8, 4) is 11.5 Å². The third kappa shape index (κ3) is 3.93. The van der Waals surface area contributed by atoms with Gasteiger partial charge in [0.15, 0.2) is 11.5 Å². The molecule has 0 aromatic heterocycles. The van der Waals surface area contributed by atoms with Crippen molar-refractivity contribution in [1.82, 2.24) is 10.6 Å². The Morgan fingerprint density at radius 2 is 1.75 bits per heavy atom. The van der Waals surface area contributed by atoms with Gasteiger partial charge in [-0.1, -0.05) is 50.2 Å². The Hall–Kier alpha value is -2.69. The summed E-state index contributed by atoms with van der Waals surface area (Å²) in [7, 11) is 0. The Kier molecular flexibility index (Phi) is 5.16. The molecule has 148 valence electrons. The van der Waals surface area contributed by atoms with E-state index < -0.39 is 0 Å².